The van der Waals surface area contributed by atoms with Gasteiger partial charge in [0.2, 0.25) is 0 Å². The Hall–Kier alpha value is -4.69. The second-order valence-electron chi connectivity index (χ2n) is 8.86. The molecule has 1 amide bonds. The minimum atomic E-state index is -0.911. The molecule has 0 spiro atoms. The molecule has 8 heteroatoms. The number of phenols is 1. The minimum absolute atomic E-state index is 0.101. The Balaban J connectivity index is 1.53. The van der Waals surface area contributed by atoms with Crippen LogP contribution < -0.4 is 0 Å². The van der Waals surface area contributed by atoms with E-state index in [1.165, 1.54) is 41.3 Å². The monoisotopic (exact) mass is 496 g/mol. The highest BCUT2D eigenvalue weighted by molar-refractivity contribution is 6.16. The smallest absolute Gasteiger partial charge is 0.290 e. The van der Waals surface area contributed by atoms with Crippen LogP contribution in [0.15, 0.2) is 90.3 Å². The van der Waals surface area contributed by atoms with Crippen LogP contribution in [0.1, 0.15) is 37.9 Å². The first-order valence-electron chi connectivity index (χ1n) is 11.8. The predicted molar refractivity (Wildman–Crippen MR) is 136 cm³/mol. The van der Waals surface area contributed by atoms with Crippen molar-refractivity contribution in [1.29, 1.82) is 0 Å². The van der Waals surface area contributed by atoms with Gasteiger partial charge in [-0.15, -0.1) is 0 Å². The number of fused-ring (bicyclic) bond motifs is 1. The number of benzene rings is 3. The summed E-state index contributed by atoms with van der Waals surface area (Å²) >= 11 is 0. The summed E-state index contributed by atoms with van der Waals surface area (Å²) in [6.07, 6.45) is 2.34. The van der Waals surface area contributed by atoms with Crippen LogP contribution >= 0.6 is 0 Å². The number of carbonyl (C=O) groups is 3. The van der Waals surface area contributed by atoms with Gasteiger partial charge in [-0.2, -0.15) is 0 Å². The van der Waals surface area contributed by atoms with Crippen molar-refractivity contribution in [1.82, 2.24) is 9.88 Å². The summed E-state index contributed by atoms with van der Waals surface area (Å²) in [5.74, 6) is -2.48. The molecular formula is C29H24N2O6. The molecule has 186 valence electrons. The summed E-state index contributed by atoms with van der Waals surface area (Å²) in [6.45, 7) is -0.427. The number of nitrogens with one attached hydrogen (secondary N) is 1. The van der Waals surface area contributed by atoms with Crippen LogP contribution in [-0.2, 0) is 11.2 Å². The molecule has 8 nitrogen and oxygen atoms in total. The van der Waals surface area contributed by atoms with E-state index in [1.807, 2.05) is 30.5 Å². The van der Waals surface area contributed by atoms with Gasteiger partial charge in [0.1, 0.15) is 12.4 Å². The molecule has 5 rings (SSSR count). The molecule has 1 aromatic heterocycles. The van der Waals surface area contributed by atoms with Gasteiger partial charge in [0.05, 0.1) is 11.6 Å². The van der Waals surface area contributed by atoms with Crippen molar-refractivity contribution in [3.63, 3.8) is 0 Å². The third-order valence-electron chi connectivity index (χ3n) is 6.65. The second kappa shape index (κ2) is 9.75. The molecule has 1 aliphatic rings. The van der Waals surface area contributed by atoms with E-state index in [1.54, 1.807) is 12.1 Å². The number of aliphatic hydroxyl groups is 2. The van der Waals surface area contributed by atoms with Crippen LogP contribution in [0.3, 0.4) is 0 Å². The van der Waals surface area contributed by atoms with Crippen LogP contribution in [0.25, 0.3) is 10.9 Å². The van der Waals surface area contributed by atoms with Gasteiger partial charge in [-0.1, -0.05) is 54.6 Å². The Kier molecular flexibility index (Phi) is 6.33. The third-order valence-corrected chi connectivity index (χ3v) is 6.65. The van der Waals surface area contributed by atoms with Gasteiger partial charge in [0, 0.05) is 34.8 Å². The highest BCUT2D eigenvalue weighted by Gasteiger charge is 2.43. The predicted octanol–water partition coefficient (Wildman–Crippen LogP) is 3.87. The fourth-order valence-corrected chi connectivity index (χ4v) is 4.79. The summed E-state index contributed by atoms with van der Waals surface area (Å²) in [5.41, 5.74) is 2.79. The zero-order valence-electron chi connectivity index (χ0n) is 19.7. The summed E-state index contributed by atoms with van der Waals surface area (Å²) in [4.78, 5) is 43.3. The zero-order chi connectivity index (χ0) is 26.1. The molecule has 1 unspecified atom stereocenters. The molecule has 1 atom stereocenters. The Morgan fingerprint density at radius 3 is 2.41 bits per heavy atom. The maximum atomic E-state index is 13.5. The Bertz CT molecular complexity index is 1550. The lowest BCUT2D eigenvalue weighted by Crippen LogP contribution is -2.33. The van der Waals surface area contributed by atoms with Crippen molar-refractivity contribution in [2.75, 3.05) is 13.2 Å². The van der Waals surface area contributed by atoms with Gasteiger partial charge in [0.25, 0.3) is 5.91 Å². The number of hydrogen-bond donors (Lipinski definition) is 4. The number of Topliss-reactive ketones (excluding diaryl/α,β-unsaturated/α-hetero) is 2. The first kappa shape index (κ1) is 24.0. The molecule has 3 aromatic carbocycles. The van der Waals surface area contributed by atoms with Crippen LogP contribution in [0.2, 0.25) is 0 Å². The molecule has 1 aliphatic heterocycles. The maximum Gasteiger partial charge on any atom is 0.290 e. The number of aromatic amines is 1. The van der Waals surface area contributed by atoms with E-state index < -0.39 is 35.9 Å². The second-order valence-corrected chi connectivity index (χ2v) is 8.86. The average molecular weight is 497 g/mol. The molecule has 37 heavy (non-hydrogen) atoms. The largest absolute Gasteiger partial charge is 0.508 e. The lowest BCUT2D eigenvalue weighted by atomic mass is 9.92. The Labute approximate surface area is 212 Å². The van der Waals surface area contributed by atoms with Gasteiger partial charge in [-0.25, -0.2) is 0 Å². The molecule has 0 saturated heterocycles. The molecule has 0 bridgehead atoms. The quantitative estimate of drug-likeness (QED) is 0.274. The maximum absolute atomic E-state index is 13.5. The first-order valence-corrected chi connectivity index (χ1v) is 11.8. The van der Waals surface area contributed by atoms with Crippen molar-refractivity contribution in [2.24, 2.45) is 0 Å². The molecular weight excluding hydrogens is 472 g/mol. The molecule has 4 N–H and O–H groups in total. The van der Waals surface area contributed by atoms with E-state index in [0.29, 0.717) is 12.0 Å². The summed E-state index contributed by atoms with van der Waals surface area (Å²) in [7, 11) is 0. The van der Waals surface area contributed by atoms with E-state index in [4.69, 9.17) is 5.11 Å². The number of hydrogen-bond acceptors (Lipinski definition) is 6. The lowest BCUT2D eigenvalue weighted by Gasteiger charge is -2.27. The number of rotatable bonds is 8. The number of aromatic nitrogens is 1. The third kappa shape index (κ3) is 4.39. The van der Waals surface area contributed by atoms with E-state index in [9.17, 15) is 24.6 Å². The van der Waals surface area contributed by atoms with E-state index in [0.717, 1.165) is 16.5 Å². The molecule has 2 heterocycles. The SMILES string of the molecule is O=C(CO)c1ccc(C2C(C(=O)c3cccc(O)c3)=C(O)C(=O)N2CCc2c[nH]c3ccccc23)cc1. The molecule has 0 aliphatic carbocycles. The van der Waals surface area contributed by atoms with E-state index >= 15 is 0 Å². The van der Waals surface area contributed by atoms with Gasteiger partial charge in [0.15, 0.2) is 17.3 Å². The Morgan fingerprint density at radius 1 is 0.919 bits per heavy atom. The van der Waals surface area contributed by atoms with Gasteiger partial charge in [-0.3, -0.25) is 14.4 Å². The molecule has 0 radical (unpaired) electrons. The van der Waals surface area contributed by atoms with E-state index in [2.05, 4.69) is 4.98 Å². The van der Waals surface area contributed by atoms with Gasteiger partial charge in [-0.05, 0) is 35.7 Å². The van der Waals surface area contributed by atoms with Crippen LogP contribution in [0, 0.1) is 0 Å². The lowest BCUT2D eigenvalue weighted by molar-refractivity contribution is -0.129. The summed E-state index contributed by atoms with van der Waals surface area (Å²) in [6, 6.07) is 18.8. The fourth-order valence-electron chi connectivity index (χ4n) is 4.79. The normalized spacial score (nSPS) is 15.5. The highest BCUT2D eigenvalue weighted by atomic mass is 16.3. The Morgan fingerprint density at radius 2 is 1.68 bits per heavy atom. The van der Waals surface area contributed by atoms with Crippen molar-refractivity contribution in [3.8, 4) is 5.75 Å². The number of para-hydroxylation sites is 1. The van der Waals surface area contributed by atoms with Crippen molar-refractivity contribution in [2.45, 2.75) is 12.5 Å². The topological polar surface area (TPSA) is 131 Å². The number of carbonyl (C=O) groups excluding carboxylic acids is 3. The number of phenolic OH excluding ortho intramolecular Hbond substituents is 1. The number of aliphatic hydroxyl groups excluding tert-OH is 2. The number of amides is 1. The van der Waals surface area contributed by atoms with Crippen molar-refractivity contribution >= 4 is 28.4 Å². The molecule has 0 saturated carbocycles. The summed E-state index contributed by atoms with van der Waals surface area (Å²) < 4.78 is 0. The minimum Gasteiger partial charge on any atom is -0.508 e. The zero-order valence-corrected chi connectivity index (χ0v) is 19.7. The highest BCUT2D eigenvalue weighted by Crippen LogP contribution is 2.39. The fraction of sp³-hybridized carbons (Fsp3) is 0.138. The first-order chi connectivity index (χ1) is 17.9. The van der Waals surface area contributed by atoms with Gasteiger partial charge >= 0.3 is 0 Å². The van der Waals surface area contributed by atoms with Gasteiger partial charge < -0.3 is 25.2 Å². The number of nitrogens with zero attached hydrogens (tertiary/aromatic N) is 1. The van der Waals surface area contributed by atoms with Crippen LogP contribution in [-0.4, -0.2) is 55.8 Å². The van der Waals surface area contributed by atoms with Crippen molar-refractivity contribution < 1.29 is 29.7 Å². The summed E-state index contributed by atoms with van der Waals surface area (Å²) in [5, 5.41) is 30.9. The van der Waals surface area contributed by atoms with Crippen molar-refractivity contribution in [3.05, 3.63) is 113 Å². The standard InChI is InChI=1S/C29H24N2O6/c32-16-24(34)17-8-10-18(11-9-17)26-25(27(35)19-4-3-5-21(33)14-19)28(36)29(37)31(26)13-12-20-15-30-23-7-2-1-6-22(20)23/h1-11,14-15,26,30,32-33,36H,12-13,16H2. The number of ketones is 2. The number of H-pyrrole nitrogens is 1. The van der Waals surface area contributed by atoms with Crippen LogP contribution in [0.5, 0.6) is 5.75 Å². The molecule has 4 aromatic rings. The van der Waals surface area contributed by atoms with Crippen LogP contribution in [0.4, 0.5) is 0 Å². The average Bonchev–Trinajstić information content (AvgIpc) is 3.44. The number of aromatic hydroxyl groups is 1. The van der Waals surface area contributed by atoms with E-state index in [-0.39, 0.29) is 29.0 Å². The molecule has 0 fully saturated rings.